The molecule has 4 nitrogen and oxygen atoms in total. The van der Waals surface area contributed by atoms with Crippen molar-refractivity contribution in [3.63, 3.8) is 0 Å². The molecule has 1 fully saturated rings. The molecule has 3 N–H and O–H groups in total. The maximum atomic E-state index is 11.7. The van der Waals surface area contributed by atoms with E-state index >= 15 is 0 Å². The van der Waals surface area contributed by atoms with Crippen LogP contribution < -0.4 is 10.6 Å². The highest BCUT2D eigenvalue weighted by molar-refractivity contribution is 5.80. The summed E-state index contributed by atoms with van der Waals surface area (Å²) in [5.41, 5.74) is 1.20. The van der Waals surface area contributed by atoms with Crippen LogP contribution >= 0.6 is 0 Å². The third kappa shape index (κ3) is 2.27. The smallest absolute Gasteiger partial charge is 0.225 e. The summed E-state index contributed by atoms with van der Waals surface area (Å²) in [6, 6.07) is 2.05. The SMILES string of the molecule is CC(C)(CNC(=O)C1CNC1)c1cc[nH]c1. The summed E-state index contributed by atoms with van der Waals surface area (Å²) in [5, 5.41) is 6.12. The lowest BCUT2D eigenvalue weighted by Gasteiger charge is -2.29. The monoisotopic (exact) mass is 221 g/mol. The van der Waals surface area contributed by atoms with Gasteiger partial charge in [0, 0.05) is 37.4 Å². The Bertz CT molecular complexity index is 352. The lowest BCUT2D eigenvalue weighted by molar-refractivity contribution is -0.126. The van der Waals surface area contributed by atoms with Crippen LogP contribution in [0.2, 0.25) is 0 Å². The van der Waals surface area contributed by atoms with Gasteiger partial charge >= 0.3 is 0 Å². The summed E-state index contributed by atoms with van der Waals surface area (Å²) >= 11 is 0. The van der Waals surface area contributed by atoms with Gasteiger partial charge in [0.15, 0.2) is 0 Å². The number of carbonyl (C=O) groups excluding carboxylic acids is 1. The van der Waals surface area contributed by atoms with Crippen LogP contribution in [0.3, 0.4) is 0 Å². The molecule has 0 bridgehead atoms. The number of aromatic amines is 1. The second-order valence-corrected chi connectivity index (χ2v) is 5.06. The molecule has 1 saturated heterocycles. The number of hydrogen-bond acceptors (Lipinski definition) is 2. The van der Waals surface area contributed by atoms with Crippen molar-refractivity contribution in [2.75, 3.05) is 19.6 Å². The van der Waals surface area contributed by atoms with Crippen LogP contribution in [0.4, 0.5) is 0 Å². The molecule has 2 rings (SSSR count). The van der Waals surface area contributed by atoms with Gasteiger partial charge in [0.05, 0.1) is 5.92 Å². The molecule has 0 saturated carbocycles. The second kappa shape index (κ2) is 4.29. The standard InChI is InChI=1S/C12H19N3O/c1-12(2,10-3-4-13-7-10)8-15-11(16)9-5-14-6-9/h3-4,7,9,13-14H,5-6,8H2,1-2H3,(H,15,16). The molecular formula is C12H19N3O. The lowest BCUT2D eigenvalue weighted by atomic mass is 9.86. The van der Waals surface area contributed by atoms with E-state index in [0.29, 0.717) is 6.54 Å². The molecule has 88 valence electrons. The third-order valence-corrected chi connectivity index (χ3v) is 3.24. The summed E-state index contributed by atoms with van der Waals surface area (Å²) in [6.07, 6.45) is 3.89. The fraction of sp³-hybridized carbons (Fsp3) is 0.583. The van der Waals surface area contributed by atoms with Crippen LogP contribution in [0, 0.1) is 5.92 Å². The molecule has 2 heterocycles. The molecular weight excluding hydrogens is 202 g/mol. The highest BCUT2D eigenvalue weighted by atomic mass is 16.2. The Morgan fingerprint density at radius 3 is 2.81 bits per heavy atom. The average Bonchev–Trinajstić information content (AvgIpc) is 2.65. The minimum atomic E-state index is -0.0210. The number of rotatable bonds is 4. The van der Waals surface area contributed by atoms with Gasteiger partial charge < -0.3 is 15.6 Å². The Balaban J connectivity index is 1.86. The molecule has 4 heteroatoms. The van der Waals surface area contributed by atoms with Crippen molar-refractivity contribution < 1.29 is 4.79 Å². The van der Waals surface area contributed by atoms with Gasteiger partial charge in [-0.2, -0.15) is 0 Å². The molecule has 1 amide bonds. The average molecular weight is 221 g/mol. The van der Waals surface area contributed by atoms with Crippen molar-refractivity contribution in [2.45, 2.75) is 19.3 Å². The maximum Gasteiger partial charge on any atom is 0.225 e. The first-order chi connectivity index (χ1) is 7.59. The molecule has 0 atom stereocenters. The second-order valence-electron chi connectivity index (χ2n) is 5.06. The Kier molecular flexibility index (Phi) is 3.01. The van der Waals surface area contributed by atoms with Crippen molar-refractivity contribution in [3.8, 4) is 0 Å². The van der Waals surface area contributed by atoms with Crippen molar-refractivity contribution in [1.29, 1.82) is 0 Å². The fourth-order valence-electron chi connectivity index (χ4n) is 1.77. The van der Waals surface area contributed by atoms with Crippen LogP contribution in [0.5, 0.6) is 0 Å². The largest absolute Gasteiger partial charge is 0.367 e. The van der Waals surface area contributed by atoms with E-state index < -0.39 is 0 Å². The molecule has 0 aliphatic carbocycles. The van der Waals surface area contributed by atoms with E-state index in [9.17, 15) is 4.79 Å². The molecule has 0 radical (unpaired) electrons. The molecule has 1 aliphatic heterocycles. The van der Waals surface area contributed by atoms with Crippen LogP contribution in [0.25, 0.3) is 0 Å². The maximum absolute atomic E-state index is 11.7. The van der Waals surface area contributed by atoms with Gasteiger partial charge in [-0.3, -0.25) is 4.79 Å². The number of H-pyrrole nitrogens is 1. The van der Waals surface area contributed by atoms with Crippen LogP contribution in [-0.4, -0.2) is 30.5 Å². The summed E-state index contributed by atoms with van der Waals surface area (Å²) in [4.78, 5) is 14.7. The van der Waals surface area contributed by atoms with Gasteiger partial charge in [0.1, 0.15) is 0 Å². The minimum Gasteiger partial charge on any atom is -0.367 e. The first-order valence-electron chi connectivity index (χ1n) is 5.71. The highest BCUT2D eigenvalue weighted by Gasteiger charge is 2.27. The third-order valence-electron chi connectivity index (χ3n) is 3.24. The van der Waals surface area contributed by atoms with Gasteiger partial charge in [-0.25, -0.2) is 0 Å². The van der Waals surface area contributed by atoms with Crippen LogP contribution in [0.1, 0.15) is 19.4 Å². The Morgan fingerprint density at radius 1 is 1.56 bits per heavy atom. The van der Waals surface area contributed by atoms with Gasteiger partial charge in [-0.1, -0.05) is 13.8 Å². The topological polar surface area (TPSA) is 56.9 Å². The van der Waals surface area contributed by atoms with E-state index in [1.54, 1.807) is 0 Å². The number of amides is 1. The summed E-state index contributed by atoms with van der Waals surface area (Å²) in [5.74, 6) is 0.337. The summed E-state index contributed by atoms with van der Waals surface area (Å²) in [7, 11) is 0. The molecule has 1 aromatic heterocycles. The number of carbonyl (C=O) groups is 1. The van der Waals surface area contributed by atoms with Crippen molar-refractivity contribution >= 4 is 5.91 Å². The molecule has 0 aromatic carbocycles. The number of nitrogens with one attached hydrogen (secondary N) is 3. The van der Waals surface area contributed by atoms with E-state index in [4.69, 9.17) is 0 Å². The van der Waals surface area contributed by atoms with E-state index in [-0.39, 0.29) is 17.2 Å². The molecule has 0 spiro atoms. The van der Waals surface area contributed by atoms with Gasteiger partial charge in [0.2, 0.25) is 5.91 Å². The van der Waals surface area contributed by atoms with Gasteiger partial charge in [0.25, 0.3) is 0 Å². The first-order valence-corrected chi connectivity index (χ1v) is 5.71. The van der Waals surface area contributed by atoms with Crippen molar-refractivity contribution in [1.82, 2.24) is 15.6 Å². The number of aromatic nitrogens is 1. The lowest BCUT2D eigenvalue weighted by Crippen LogP contribution is -2.52. The molecule has 0 unspecified atom stereocenters. The normalized spacial score (nSPS) is 16.9. The summed E-state index contributed by atoms with van der Waals surface area (Å²) < 4.78 is 0. The zero-order valence-electron chi connectivity index (χ0n) is 9.84. The molecule has 16 heavy (non-hydrogen) atoms. The van der Waals surface area contributed by atoms with E-state index in [0.717, 1.165) is 13.1 Å². The number of hydrogen-bond donors (Lipinski definition) is 3. The predicted octanol–water partition coefficient (Wildman–Crippen LogP) is 0.628. The van der Waals surface area contributed by atoms with Gasteiger partial charge in [-0.15, -0.1) is 0 Å². The van der Waals surface area contributed by atoms with Crippen LogP contribution in [-0.2, 0) is 10.2 Å². The predicted molar refractivity (Wildman–Crippen MR) is 63.2 cm³/mol. The highest BCUT2D eigenvalue weighted by Crippen LogP contribution is 2.21. The van der Waals surface area contributed by atoms with E-state index in [2.05, 4.69) is 35.5 Å². The van der Waals surface area contributed by atoms with E-state index in [1.165, 1.54) is 5.56 Å². The van der Waals surface area contributed by atoms with Crippen LogP contribution in [0.15, 0.2) is 18.5 Å². The summed E-state index contributed by atoms with van der Waals surface area (Å²) in [6.45, 7) is 6.58. The Labute approximate surface area is 95.8 Å². The quantitative estimate of drug-likeness (QED) is 0.698. The van der Waals surface area contributed by atoms with Crippen molar-refractivity contribution in [2.24, 2.45) is 5.92 Å². The first kappa shape index (κ1) is 11.2. The van der Waals surface area contributed by atoms with Crippen molar-refractivity contribution in [3.05, 3.63) is 24.0 Å². The Morgan fingerprint density at radius 2 is 2.31 bits per heavy atom. The zero-order valence-corrected chi connectivity index (χ0v) is 9.84. The van der Waals surface area contributed by atoms with E-state index in [1.807, 2.05) is 12.4 Å². The zero-order chi connectivity index (χ0) is 11.6. The fourth-order valence-corrected chi connectivity index (χ4v) is 1.77. The molecule has 1 aliphatic rings. The Hall–Kier alpha value is -1.29. The van der Waals surface area contributed by atoms with Gasteiger partial charge in [-0.05, 0) is 11.6 Å². The minimum absolute atomic E-state index is 0.0210. The molecule has 1 aromatic rings.